The van der Waals surface area contributed by atoms with Gasteiger partial charge in [0.05, 0.1) is 41.6 Å². The van der Waals surface area contributed by atoms with Gasteiger partial charge in [-0.05, 0) is 48.9 Å². The molecule has 0 aliphatic carbocycles. The molecule has 0 spiro atoms. The van der Waals surface area contributed by atoms with Gasteiger partial charge >= 0.3 is 5.69 Å². The zero-order valence-corrected chi connectivity index (χ0v) is 24.0. The Morgan fingerprint density at radius 3 is 2.48 bits per heavy atom. The Labute approximate surface area is 250 Å². The zero-order valence-electron chi connectivity index (χ0n) is 24.0. The van der Waals surface area contributed by atoms with Crippen molar-refractivity contribution in [2.45, 2.75) is 13.5 Å². The minimum absolute atomic E-state index is 0.0170. The summed E-state index contributed by atoms with van der Waals surface area (Å²) in [6.45, 7) is 2.08. The molecule has 0 fully saturated rings. The molecular weight excluding hydrogens is 564 g/mol. The highest BCUT2D eigenvalue weighted by Crippen LogP contribution is 2.39. The first-order valence-electron chi connectivity index (χ1n) is 13.5. The molecular formula is C33H26N4O7. The molecule has 11 nitrogen and oxygen atoms in total. The predicted octanol–water partition coefficient (Wildman–Crippen LogP) is 6.50. The lowest BCUT2D eigenvalue weighted by Gasteiger charge is -2.12. The molecule has 6 rings (SSSR count). The van der Waals surface area contributed by atoms with Crippen LogP contribution in [0.3, 0.4) is 0 Å². The number of methoxy groups -OCH3 is 2. The lowest BCUT2D eigenvalue weighted by atomic mass is 10.1. The number of ether oxygens (including phenoxy) is 3. The summed E-state index contributed by atoms with van der Waals surface area (Å²) in [7, 11) is 2.95. The van der Waals surface area contributed by atoms with E-state index in [0.29, 0.717) is 33.2 Å². The van der Waals surface area contributed by atoms with Gasteiger partial charge in [0.2, 0.25) is 11.6 Å². The first kappa shape index (κ1) is 28.2. The summed E-state index contributed by atoms with van der Waals surface area (Å²) in [6.07, 6.45) is 1.32. The van der Waals surface area contributed by atoms with Crippen LogP contribution in [0.4, 0.5) is 5.69 Å². The SMILES string of the molecule is COc1cc(C=Nn2c(-c3cc4c(OC)cccc4o3)nc3ccccc3c2=O)cc([N+](=O)[O-])c1OCc1ccc(C)cc1. The molecule has 0 amide bonds. The molecule has 2 aromatic heterocycles. The van der Waals surface area contributed by atoms with Crippen LogP contribution in [0.15, 0.2) is 99.2 Å². The fourth-order valence-electron chi connectivity index (χ4n) is 4.79. The fourth-order valence-corrected chi connectivity index (χ4v) is 4.79. The molecule has 0 unspecified atom stereocenters. The van der Waals surface area contributed by atoms with E-state index in [2.05, 4.69) is 10.1 Å². The Hall–Kier alpha value is -5.97. The van der Waals surface area contributed by atoms with Crippen molar-refractivity contribution in [3.63, 3.8) is 0 Å². The van der Waals surface area contributed by atoms with Crippen molar-refractivity contribution in [3.8, 4) is 28.8 Å². The third-order valence-electron chi connectivity index (χ3n) is 7.02. The lowest BCUT2D eigenvalue weighted by molar-refractivity contribution is -0.386. The van der Waals surface area contributed by atoms with Crippen LogP contribution >= 0.6 is 0 Å². The van der Waals surface area contributed by atoms with E-state index in [1.165, 1.54) is 19.4 Å². The topological polar surface area (TPSA) is 131 Å². The van der Waals surface area contributed by atoms with Gasteiger partial charge in [-0.2, -0.15) is 9.78 Å². The number of nitrogens with zero attached hydrogens (tertiary/aromatic N) is 4. The maximum Gasteiger partial charge on any atom is 0.315 e. The van der Waals surface area contributed by atoms with Gasteiger partial charge in [0.1, 0.15) is 17.9 Å². The van der Waals surface area contributed by atoms with Crippen LogP contribution in [0.1, 0.15) is 16.7 Å². The molecule has 0 N–H and O–H groups in total. The highest BCUT2D eigenvalue weighted by Gasteiger charge is 2.23. The van der Waals surface area contributed by atoms with E-state index in [0.717, 1.165) is 15.8 Å². The molecule has 220 valence electrons. The minimum Gasteiger partial charge on any atom is -0.496 e. The number of benzene rings is 4. The van der Waals surface area contributed by atoms with Gasteiger partial charge in [-0.25, -0.2) is 4.98 Å². The number of aromatic nitrogens is 2. The zero-order chi connectivity index (χ0) is 30.8. The standard InChI is InChI=1S/C33H26N4O7/c1-20-11-13-21(14-12-20)19-43-31-26(37(39)40)15-22(16-29(31)42-3)18-34-36-32(35-25-8-5-4-7-23(25)33(36)38)30-17-24-27(41-2)9-6-10-28(24)44-30/h4-18H,19H2,1-3H3. The number of aryl methyl sites for hydroxylation is 1. The molecule has 11 heteroatoms. The van der Waals surface area contributed by atoms with Gasteiger partial charge in [0.25, 0.3) is 5.56 Å². The van der Waals surface area contributed by atoms with Gasteiger partial charge in [-0.3, -0.25) is 14.9 Å². The van der Waals surface area contributed by atoms with Crippen molar-refractivity contribution in [3.05, 3.63) is 122 Å². The summed E-state index contributed by atoms with van der Waals surface area (Å²) in [6, 6.07) is 24.5. The number of rotatable bonds is 9. The Bertz CT molecular complexity index is 2110. The highest BCUT2D eigenvalue weighted by molar-refractivity contribution is 5.89. The van der Waals surface area contributed by atoms with E-state index < -0.39 is 10.5 Å². The maximum atomic E-state index is 13.7. The molecule has 0 saturated carbocycles. The van der Waals surface area contributed by atoms with Crippen LogP contribution in [0.5, 0.6) is 17.2 Å². The maximum absolute atomic E-state index is 13.7. The Kier molecular flexibility index (Phi) is 7.51. The molecule has 0 saturated heterocycles. The van der Waals surface area contributed by atoms with Gasteiger partial charge in [-0.15, -0.1) is 0 Å². The van der Waals surface area contributed by atoms with E-state index in [9.17, 15) is 14.9 Å². The van der Waals surface area contributed by atoms with Crippen molar-refractivity contribution < 1.29 is 23.6 Å². The van der Waals surface area contributed by atoms with Crippen LogP contribution in [0, 0.1) is 17.0 Å². The second kappa shape index (κ2) is 11.7. The number of nitro benzene ring substituents is 1. The Morgan fingerprint density at radius 2 is 1.73 bits per heavy atom. The second-order valence-corrected chi connectivity index (χ2v) is 9.90. The van der Waals surface area contributed by atoms with Crippen LogP contribution in [-0.4, -0.2) is 35.0 Å². The quantitative estimate of drug-likeness (QED) is 0.106. The van der Waals surface area contributed by atoms with Gasteiger partial charge in [0.15, 0.2) is 11.5 Å². The minimum atomic E-state index is -0.554. The molecule has 0 aliphatic rings. The third-order valence-corrected chi connectivity index (χ3v) is 7.02. The average Bonchev–Trinajstić information content (AvgIpc) is 3.48. The molecule has 6 aromatic rings. The third kappa shape index (κ3) is 5.34. The van der Waals surface area contributed by atoms with Crippen molar-refractivity contribution in [1.82, 2.24) is 9.66 Å². The molecule has 0 bridgehead atoms. The molecule has 4 aromatic carbocycles. The fraction of sp³-hybridized carbons (Fsp3) is 0.121. The Balaban J connectivity index is 1.44. The van der Waals surface area contributed by atoms with Crippen molar-refractivity contribution in [2.24, 2.45) is 5.10 Å². The smallest absolute Gasteiger partial charge is 0.315 e. The number of furan rings is 1. The number of nitro groups is 1. The molecule has 2 heterocycles. The van der Waals surface area contributed by atoms with E-state index in [4.69, 9.17) is 18.6 Å². The van der Waals surface area contributed by atoms with Gasteiger partial charge < -0.3 is 18.6 Å². The monoisotopic (exact) mass is 590 g/mol. The van der Waals surface area contributed by atoms with E-state index in [1.807, 2.05) is 31.2 Å². The summed E-state index contributed by atoms with van der Waals surface area (Å²) in [5.41, 5.74) is 2.47. The van der Waals surface area contributed by atoms with E-state index in [-0.39, 0.29) is 35.4 Å². The number of para-hydroxylation sites is 1. The molecule has 0 aliphatic heterocycles. The summed E-state index contributed by atoms with van der Waals surface area (Å²) < 4.78 is 24.0. The predicted molar refractivity (Wildman–Crippen MR) is 166 cm³/mol. The van der Waals surface area contributed by atoms with Crippen molar-refractivity contribution in [2.75, 3.05) is 14.2 Å². The first-order valence-corrected chi connectivity index (χ1v) is 13.5. The number of fused-ring (bicyclic) bond motifs is 2. The van der Waals surface area contributed by atoms with Crippen LogP contribution in [-0.2, 0) is 6.61 Å². The molecule has 44 heavy (non-hydrogen) atoms. The normalized spacial score (nSPS) is 11.3. The highest BCUT2D eigenvalue weighted by atomic mass is 16.6. The lowest BCUT2D eigenvalue weighted by Crippen LogP contribution is -2.20. The van der Waals surface area contributed by atoms with Crippen LogP contribution in [0.2, 0.25) is 0 Å². The van der Waals surface area contributed by atoms with Crippen LogP contribution < -0.4 is 19.8 Å². The van der Waals surface area contributed by atoms with E-state index >= 15 is 0 Å². The molecule has 0 atom stereocenters. The van der Waals surface area contributed by atoms with Crippen molar-refractivity contribution in [1.29, 1.82) is 0 Å². The summed E-state index contributed by atoms with van der Waals surface area (Å²) in [4.78, 5) is 29.9. The Morgan fingerprint density at radius 1 is 0.955 bits per heavy atom. The van der Waals surface area contributed by atoms with Crippen molar-refractivity contribution >= 4 is 33.8 Å². The summed E-state index contributed by atoms with van der Waals surface area (Å²) >= 11 is 0. The second-order valence-electron chi connectivity index (χ2n) is 9.90. The number of hydrogen-bond acceptors (Lipinski definition) is 9. The van der Waals surface area contributed by atoms with Gasteiger partial charge in [-0.1, -0.05) is 48.0 Å². The number of hydrogen-bond donors (Lipinski definition) is 0. The summed E-state index contributed by atoms with van der Waals surface area (Å²) in [5.74, 6) is 1.15. The average molecular weight is 591 g/mol. The largest absolute Gasteiger partial charge is 0.496 e. The molecule has 0 radical (unpaired) electrons. The van der Waals surface area contributed by atoms with Gasteiger partial charge in [0, 0.05) is 11.6 Å². The van der Waals surface area contributed by atoms with E-state index in [1.54, 1.807) is 61.7 Å². The first-order chi connectivity index (χ1) is 21.4. The summed E-state index contributed by atoms with van der Waals surface area (Å²) in [5, 5.41) is 17.6. The van der Waals surface area contributed by atoms with Crippen LogP contribution in [0.25, 0.3) is 33.5 Å².